The Balaban J connectivity index is 2.44. The summed E-state index contributed by atoms with van der Waals surface area (Å²) in [4.78, 5) is 33.1. The third kappa shape index (κ3) is 6.44. The monoisotopic (exact) mass is 429 g/mol. The smallest absolute Gasteiger partial charge is 0.259 e. The first kappa shape index (κ1) is 24.7. The van der Waals surface area contributed by atoms with Gasteiger partial charge in [-0.25, -0.2) is 4.98 Å². The fourth-order valence-electron chi connectivity index (χ4n) is 3.39. The summed E-state index contributed by atoms with van der Waals surface area (Å²) < 4.78 is 6.18. The Labute approximate surface area is 185 Å². The van der Waals surface area contributed by atoms with E-state index in [2.05, 4.69) is 30.7 Å². The van der Waals surface area contributed by atoms with Crippen LogP contribution in [0.25, 0.3) is 0 Å². The van der Waals surface area contributed by atoms with Crippen LogP contribution < -0.4 is 4.74 Å². The number of hydrogen-bond donors (Lipinski definition) is 1. The topological polar surface area (TPSA) is 83.0 Å². The first-order valence-electron chi connectivity index (χ1n) is 11.0. The van der Waals surface area contributed by atoms with E-state index in [0.717, 1.165) is 6.42 Å². The lowest BCUT2D eigenvalue weighted by Crippen LogP contribution is -2.50. The van der Waals surface area contributed by atoms with Crippen LogP contribution in [0.3, 0.4) is 0 Å². The third-order valence-corrected chi connectivity index (χ3v) is 5.45. The maximum Gasteiger partial charge on any atom is 0.259 e. The van der Waals surface area contributed by atoms with Crippen LogP contribution in [0.15, 0.2) is 12.3 Å². The zero-order valence-corrected chi connectivity index (χ0v) is 19.5. The summed E-state index contributed by atoms with van der Waals surface area (Å²) in [6.07, 6.45) is 2.44. The molecule has 0 fully saturated rings. The molecule has 0 spiro atoms. The number of pyridine rings is 1. The first-order valence-corrected chi connectivity index (χ1v) is 11.0. The maximum absolute atomic E-state index is 13.3. The highest BCUT2D eigenvalue weighted by Gasteiger charge is 2.34. The Bertz CT molecular complexity index is 843. The van der Waals surface area contributed by atoms with Gasteiger partial charge in [-0.05, 0) is 18.9 Å². The van der Waals surface area contributed by atoms with Crippen LogP contribution in [0.2, 0.25) is 0 Å². The number of rotatable bonds is 6. The van der Waals surface area contributed by atoms with E-state index in [1.807, 2.05) is 20.8 Å². The molecule has 7 heteroatoms. The van der Waals surface area contributed by atoms with Crippen LogP contribution in [-0.2, 0) is 4.79 Å². The molecule has 0 unspecified atom stereocenters. The molecule has 170 valence electrons. The minimum atomic E-state index is -0.354. The molecular formula is C24H35N3O4. The Morgan fingerprint density at radius 2 is 2.13 bits per heavy atom. The molecule has 1 N–H and O–H groups in total. The van der Waals surface area contributed by atoms with Crippen molar-refractivity contribution >= 4 is 11.8 Å². The molecule has 1 aromatic heterocycles. The Morgan fingerprint density at radius 1 is 1.42 bits per heavy atom. The summed E-state index contributed by atoms with van der Waals surface area (Å²) >= 11 is 0. The highest BCUT2D eigenvalue weighted by molar-refractivity contribution is 5.97. The second-order valence-corrected chi connectivity index (χ2v) is 8.73. The number of aliphatic hydroxyl groups excluding tert-OH is 1. The summed E-state index contributed by atoms with van der Waals surface area (Å²) in [7, 11) is 1.75. The lowest BCUT2D eigenvalue weighted by Gasteiger charge is -2.37. The van der Waals surface area contributed by atoms with Gasteiger partial charge in [0.15, 0.2) is 0 Å². The van der Waals surface area contributed by atoms with Crippen molar-refractivity contribution in [1.82, 2.24) is 14.8 Å². The van der Waals surface area contributed by atoms with E-state index in [9.17, 15) is 14.7 Å². The lowest BCUT2D eigenvalue weighted by atomic mass is 9.99. The summed E-state index contributed by atoms with van der Waals surface area (Å²) in [5.74, 6) is 6.62. The SMILES string of the molecule is CCC(=O)N(C)C[C@H]1Oc2ncc(C#CCC(C)C)cc2C(=O)N([C@H](C)CO)C[C@@H]1C. The van der Waals surface area contributed by atoms with Gasteiger partial charge in [0.2, 0.25) is 11.8 Å². The van der Waals surface area contributed by atoms with Crippen molar-refractivity contribution in [3.8, 4) is 17.7 Å². The van der Waals surface area contributed by atoms with Gasteiger partial charge in [0.25, 0.3) is 5.91 Å². The molecule has 3 atom stereocenters. The van der Waals surface area contributed by atoms with Gasteiger partial charge in [-0.2, -0.15) is 0 Å². The number of likely N-dealkylation sites (N-methyl/N-ethyl adjacent to an activating group) is 1. The maximum atomic E-state index is 13.3. The molecule has 31 heavy (non-hydrogen) atoms. The number of ether oxygens (including phenoxy) is 1. The average molecular weight is 430 g/mol. The second kappa shape index (κ2) is 11.1. The van der Waals surface area contributed by atoms with Crippen molar-refractivity contribution in [2.75, 3.05) is 26.7 Å². The number of fused-ring (bicyclic) bond motifs is 1. The molecule has 1 aromatic rings. The van der Waals surface area contributed by atoms with Crippen molar-refractivity contribution in [2.24, 2.45) is 11.8 Å². The van der Waals surface area contributed by atoms with Gasteiger partial charge < -0.3 is 19.6 Å². The minimum absolute atomic E-state index is 0.0264. The number of carbonyl (C=O) groups is 2. The summed E-state index contributed by atoms with van der Waals surface area (Å²) in [6, 6.07) is 1.36. The Hall–Kier alpha value is -2.59. The van der Waals surface area contributed by atoms with E-state index in [1.54, 1.807) is 29.1 Å². The van der Waals surface area contributed by atoms with Crippen LogP contribution in [0.5, 0.6) is 5.88 Å². The van der Waals surface area contributed by atoms with Gasteiger partial charge in [-0.1, -0.05) is 39.5 Å². The number of carbonyl (C=O) groups excluding carboxylic acids is 2. The molecule has 1 aliphatic rings. The molecule has 0 aliphatic carbocycles. The minimum Gasteiger partial charge on any atom is -0.472 e. The van der Waals surface area contributed by atoms with Gasteiger partial charge in [0.1, 0.15) is 11.7 Å². The quantitative estimate of drug-likeness (QED) is 0.703. The predicted octanol–water partition coefficient (Wildman–Crippen LogP) is 2.57. The number of amides is 2. The predicted molar refractivity (Wildman–Crippen MR) is 120 cm³/mol. The molecule has 7 nitrogen and oxygen atoms in total. The van der Waals surface area contributed by atoms with E-state index in [0.29, 0.717) is 36.6 Å². The van der Waals surface area contributed by atoms with Crippen LogP contribution in [-0.4, -0.2) is 70.6 Å². The Morgan fingerprint density at radius 3 is 2.74 bits per heavy atom. The number of hydrogen-bond acceptors (Lipinski definition) is 5. The largest absolute Gasteiger partial charge is 0.472 e. The van der Waals surface area contributed by atoms with Gasteiger partial charge in [0, 0.05) is 44.1 Å². The molecule has 0 aromatic carbocycles. The van der Waals surface area contributed by atoms with E-state index in [4.69, 9.17) is 4.74 Å². The number of aromatic nitrogens is 1. The zero-order chi connectivity index (χ0) is 23.1. The fraction of sp³-hybridized carbons (Fsp3) is 0.625. The van der Waals surface area contributed by atoms with Gasteiger partial charge in [-0.15, -0.1) is 0 Å². The van der Waals surface area contributed by atoms with Crippen LogP contribution in [0, 0.1) is 23.7 Å². The van der Waals surface area contributed by atoms with Crippen LogP contribution in [0.1, 0.15) is 63.4 Å². The third-order valence-electron chi connectivity index (χ3n) is 5.45. The highest BCUT2D eigenvalue weighted by atomic mass is 16.5. The second-order valence-electron chi connectivity index (χ2n) is 8.73. The summed E-state index contributed by atoms with van der Waals surface area (Å²) in [5, 5.41) is 9.72. The van der Waals surface area contributed by atoms with Crippen molar-refractivity contribution in [2.45, 2.75) is 59.6 Å². The molecule has 0 saturated carbocycles. The molecule has 1 aliphatic heterocycles. The van der Waals surface area contributed by atoms with Crippen molar-refractivity contribution < 1.29 is 19.4 Å². The standard InChI is InChI=1S/C24H35N3O4/c1-7-22(29)26(6)14-21-17(4)13-27(18(5)15-28)24(30)20-11-19(10-8-9-16(2)3)12-25-23(20)31-21/h11-12,16-18,21,28H,7,9,13-15H2,1-6H3/t17-,18+,21+/m0/s1. The first-order chi connectivity index (χ1) is 14.7. The van der Waals surface area contributed by atoms with Crippen molar-refractivity contribution in [3.05, 3.63) is 23.4 Å². The molecule has 2 heterocycles. The van der Waals surface area contributed by atoms with E-state index in [-0.39, 0.29) is 42.4 Å². The molecule has 0 radical (unpaired) electrons. The van der Waals surface area contributed by atoms with Crippen LogP contribution >= 0.6 is 0 Å². The highest BCUT2D eigenvalue weighted by Crippen LogP contribution is 2.27. The van der Waals surface area contributed by atoms with E-state index >= 15 is 0 Å². The number of aliphatic hydroxyl groups is 1. The van der Waals surface area contributed by atoms with Crippen molar-refractivity contribution in [1.29, 1.82) is 0 Å². The number of nitrogens with zero attached hydrogens (tertiary/aromatic N) is 3. The van der Waals surface area contributed by atoms with Gasteiger partial charge >= 0.3 is 0 Å². The Kier molecular flexibility index (Phi) is 8.88. The molecular weight excluding hydrogens is 394 g/mol. The lowest BCUT2D eigenvalue weighted by molar-refractivity contribution is -0.131. The van der Waals surface area contributed by atoms with Crippen molar-refractivity contribution in [3.63, 3.8) is 0 Å². The zero-order valence-electron chi connectivity index (χ0n) is 19.5. The molecule has 0 bridgehead atoms. The molecule has 2 rings (SSSR count). The molecule has 2 amide bonds. The van der Waals surface area contributed by atoms with Crippen LogP contribution in [0.4, 0.5) is 0 Å². The molecule has 0 saturated heterocycles. The van der Waals surface area contributed by atoms with Gasteiger partial charge in [0.05, 0.1) is 19.2 Å². The summed E-state index contributed by atoms with van der Waals surface area (Å²) in [6.45, 7) is 10.5. The van der Waals surface area contributed by atoms with E-state index < -0.39 is 0 Å². The van der Waals surface area contributed by atoms with E-state index in [1.165, 1.54) is 0 Å². The normalized spacial score (nSPS) is 19.5. The fourth-order valence-corrected chi connectivity index (χ4v) is 3.39. The van der Waals surface area contributed by atoms with Gasteiger partial charge in [-0.3, -0.25) is 9.59 Å². The average Bonchev–Trinajstić information content (AvgIpc) is 2.74. The summed E-state index contributed by atoms with van der Waals surface area (Å²) in [5.41, 5.74) is 0.981.